The van der Waals surface area contributed by atoms with Crippen LogP contribution >= 0.6 is 0 Å². The van der Waals surface area contributed by atoms with Gasteiger partial charge in [0.2, 0.25) is 0 Å². The molecule has 0 aliphatic rings. The highest BCUT2D eigenvalue weighted by Crippen LogP contribution is 2.23. The predicted molar refractivity (Wildman–Crippen MR) is 74.2 cm³/mol. The maximum Gasteiger partial charge on any atom is 0.412 e. The van der Waals surface area contributed by atoms with Crippen LogP contribution in [0.3, 0.4) is 0 Å². The van der Waals surface area contributed by atoms with Crippen molar-refractivity contribution >= 4 is 11.8 Å². The van der Waals surface area contributed by atoms with E-state index in [4.69, 9.17) is 4.74 Å². The van der Waals surface area contributed by atoms with Crippen LogP contribution in [0.2, 0.25) is 0 Å². The van der Waals surface area contributed by atoms with E-state index in [1.54, 1.807) is 6.07 Å². The zero-order valence-corrected chi connectivity index (χ0v) is 11.1. The van der Waals surface area contributed by atoms with Gasteiger partial charge in [0, 0.05) is 31.4 Å². The van der Waals surface area contributed by atoms with E-state index >= 15 is 0 Å². The molecule has 4 nitrogen and oxygen atoms in total. The highest BCUT2D eigenvalue weighted by molar-refractivity contribution is 5.70. The number of amides is 1. The zero-order valence-electron chi connectivity index (χ0n) is 11.1. The molecular formula is C14H20N2O2. The van der Waals surface area contributed by atoms with Gasteiger partial charge in [-0.2, -0.15) is 0 Å². The number of nitrogens with zero attached hydrogens (tertiary/aromatic N) is 1. The minimum atomic E-state index is -0.466. The standard InChI is InChI=1S/C14H20N2O2/c1-5-9-16(11(2)3)12-7-6-8-13(10-12)18-14(17)15-4/h5-8,10-11H,1,9H2,2-4H3,(H,15,17). The van der Waals surface area contributed by atoms with Crippen molar-refractivity contribution in [3.63, 3.8) is 0 Å². The van der Waals surface area contributed by atoms with Gasteiger partial charge in [0.15, 0.2) is 0 Å². The van der Waals surface area contributed by atoms with Gasteiger partial charge in [0.25, 0.3) is 0 Å². The van der Waals surface area contributed by atoms with E-state index in [0.29, 0.717) is 11.8 Å². The lowest BCUT2D eigenvalue weighted by atomic mass is 10.2. The Hall–Kier alpha value is -1.97. The van der Waals surface area contributed by atoms with E-state index in [-0.39, 0.29) is 0 Å². The fourth-order valence-corrected chi connectivity index (χ4v) is 1.64. The monoisotopic (exact) mass is 248 g/mol. The molecule has 1 rings (SSSR count). The topological polar surface area (TPSA) is 41.6 Å². The summed E-state index contributed by atoms with van der Waals surface area (Å²) in [7, 11) is 1.53. The highest BCUT2D eigenvalue weighted by Gasteiger charge is 2.10. The number of rotatable bonds is 5. The third-order valence-electron chi connectivity index (χ3n) is 2.51. The third kappa shape index (κ3) is 3.80. The maximum absolute atomic E-state index is 11.2. The second-order valence-corrected chi connectivity index (χ2v) is 4.17. The molecule has 18 heavy (non-hydrogen) atoms. The van der Waals surface area contributed by atoms with Crippen LogP contribution in [0, 0.1) is 0 Å². The molecule has 0 fully saturated rings. The van der Waals surface area contributed by atoms with Crippen molar-refractivity contribution in [3.05, 3.63) is 36.9 Å². The Morgan fingerprint density at radius 3 is 2.83 bits per heavy atom. The summed E-state index contributed by atoms with van der Waals surface area (Å²) in [6, 6.07) is 7.80. The zero-order chi connectivity index (χ0) is 13.5. The second kappa shape index (κ2) is 6.69. The van der Waals surface area contributed by atoms with Gasteiger partial charge >= 0.3 is 6.09 Å². The number of benzene rings is 1. The van der Waals surface area contributed by atoms with E-state index in [1.165, 1.54) is 7.05 Å². The molecule has 0 aliphatic carbocycles. The normalized spacial score (nSPS) is 10.0. The Morgan fingerprint density at radius 1 is 1.56 bits per heavy atom. The Labute approximate surface area is 108 Å². The Kier molecular flexibility index (Phi) is 5.24. The number of carbonyl (C=O) groups is 1. The average molecular weight is 248 g/mol. The molecule has 0 spiro atoms. The Balaban J connectivity index is 2.91. The van der Waals surface area contributed by atoms with Crippen LogP contribution in [0.4, 0.5) is 10.5 Å². The Bertz CT molecular complexity index is 416. The van der Waals surface area contributed by atoms with Crippen LogP contribution in [-0.2, 0) is 0 Å². The van der Waals surface area contributed by atoms with Crippen molar-refractivity contribution in [3.8, 4) is 5.75 Å². The van der Waals surface area contributed by atoms with Crippen LogP contribution in [0.1, 0.15) is 13.8 Å². The molecule has 98 valence electrons. The van der Waals surface area contributed by atoms with Gasteiger partial charge in [-0.15, -0.1) is 6.58 Å². The quantitative estimate of drug-likeness (QED) is 0.815. The maximum atomic E-state index is 11.2. The summed E-state index contributed by atoms with van der Waals surface area (Å²) < 4.78 is 5.11. The molecule has 0 saturated heterocycles. The van der Waals surface area contributed by atoms with Gasteiger partial charge < -0.3 is 15.0 Å². The molecule has 0 heterocycles. The van der Waals surface area contributed by atoms with Crippen LogP contribution in [-0.4, -0.2) is 25.7 Å². The molecule has 1 amide bonds. The molecule has 0 radical (unpaired) electrons. The second-order valence-electron chi connectivity index (χ2n) is 4.17. The van der Waals surface area contributed by atoms with Crippen molar-refractivity contribution in [2.45, 2.75) is 19.9 Å². The molecule has 0 unspecified atom stereocenters. The predicted octanol–water partition coefficient (Wildman–Crippen LogP) is 2.81. The molecule has 0 atom stereocenters. The van der Waals surface area contributed by atoms with Gasteiger partial charge in [-0.05, 0) is 26.0 Å². The van der Waals surface area contributed by atoms with Crippen LogP contribution < -0.4 is 15.0 Å². The summed E-state index contributed by atoms with van der Waals surface area (Å²) in [6.07, 6.45) is 1.39. The lowest BCUT2D eigenvalue weighted by molar-refractivity contribution is 0.203. The molecule has 0 saturated carbocycles. The first-order chi connectivity index (χ1) is 8.58. The molecular weight excluding hydrogens is 228 g/mol. The lowest BCUT2D eigenvalue weighted by Gasteiger charge is -2.27. The summed E-state index contributed by atoms with van der Waals surface area (Å²) in [5, 5.41) is 2.42. The molecule has 1 aromatic rings. The summed E-state index contributed by atoms with van der Waals surface area (Å²) >= 11 is 0. The summed E-state index contributed by atoms with van der Waals surface area (Å²) in [5.41, 5.74) is 1.01. The van der Waals surface area contributed by atoms with Crippen LogP contribution in [0.25, 0.3) is 0 Å². The molecule has 1 aromatic carbocycles. The number of carbonyl (C=O) groups excluding carboxylic acids is 1. The van der Waals surface area contributed by atoms with E-state index in [2.05, 4.69) is 30.6 Å². The highest BCUT2D eigenvalue weighted by atomic mass is 16.5. The summed E-state index contributed by atoms with van der Waals surface area (Å²) in [5.74, 6) is 0.529. The van der Waals surface area contributed by atoms with Crippen LogP contribution in [0.15, 0.2) is 36.9 Å². The van der Waals surface area contributed by atoms with Crippen molar-refractivity contribution in [2.24, 2.45) is 0 Å². The van der Waals surface area contributed by atoms with Gasteiger partial charge in [-0.1, -0.05) is 12.1 Å². The third-order valence-corrected chi connectivity index (χ3v) is 2.51. The summed E-state index contributed by atoms with van der Waals surface area (Å²) in [6.45, 7) is 8.72. The largest absolute Gasteiger partial charge is 0.412 e. The molecule has 0 aromatic heterocycles. The minimum Gasteiger partial charge on any atom is -0.410 e. The first-order valence-corrected chi connectivity index (χ1v) is 5.95. The number of ether oxygens (including phenoxy) is 1. The van der Waals surface area contributed by atoms with E-state index in [0.717, 1.165) is 12.2 Å². The van der Waals surface area contributed by atoms with Gasteiger partial charge in [0.05, 0.1) is 0 Å². The molecule has 0 aliphatic heterocycles. The molecule has 0 bridgehead atoms. The van der Waals surface area contributed by atoms with Crippen molar-refractivity contribution in [1.29, 1.82) is 0 Å². The Morgan fingerprint density at radius 2 is 2.28 bits per heavy atom. The number of hydrogen-bond donors (Lipinski definition) is 1. The first kappa shape index (κ1) is 14.1. The van der Waals surface area contributed by atoms with E-state index in [1.807, 2.05) is 24.3 Å². The van der Waals surface area contributed by atoms with Crippen molar-refractivity contribution in [1.82, 2.24) is 5.32 Å². The fraction of sp³-hybridized carbons (Fsp3) is 0.357. The fourth-order valence-electron chi connectivity index (χ4n) is 1.64. The average Bonchev–Trinajstić information content (AvgIpc) is 2.35. The van der Waals surface area contributed by atoms with Gasteiger partial charge in [-0.25, -0.2) is 4.79 Å². The SMILES string of the molecule is C=CCN(c1cccc(OC(=O)NC)c1)C(C)C. The molecule has 4 heteroatoms. The van der Waals surface area contributed by atoms with Crippen molar-refractivity contribution < 1.29 is 9.53 Å². The van der Waals surface area contributed by atoms with Gasteiger partial charge in [0.1, 0.15) is 5.75 Å². The number of nitrogens with one attached hydrogen (secondary N) is 1. The minimum absolute atomic E-state index is 0.346. The van der Waals surface area contributed by atoms with Crippen LogP contribution in [0.5, 0.6) is 5.75 Å². The smallest absolute Gasteiger partial charge is 0.410 e. The van der Waals surface area contributed by atoms with Crippen molar-refractivity contribution in [2.75, 3.05) is 18.5 Å². The molecule has 1 N–H and O–H groups in total. The number of hydrogen-bond acceptors (Lipinski definition) is 3. The van der Waals surface area contributed by atoms with Gasteiger partial charge in [-0.3, -0.25) is 0 Å². The lowest BCUT2D eigenvalue weighted by Crippen LogP contribution is -2.30. The number of anilines is 1. The van der Waals surface area contributed by atoms with E-state index < -0.39 is 6.09 Å². The first-order valence-electron chi connectivity index (χ1n) is 5.95. The van der Waals surface area contributed by atoms with E-state index in [9.17, 15) is 4.79 Å². The summed E-state index contributed by atoms with van der Waals surface area (Å²) in [4.78, 5) is 13.3.